The molecule has 0 saturated heterocycles. The highest BCUT2D eigenvalue weighted by atomic mass is 35.5. The second-order valence-corrected chi connectivity index (χ2v) is 6.43. The summed E-state index contributed by atoms with van der Waals surface area (Å²) in [7, 11) is 3.40. The molecule has 0 radical (unpaired) electrons. The van der Waals surface area contributed by atoms with Crippen LogP contribution in [0, 0.1) is 6.92 Å². The summed E-state index contributed by atoms with van der Waals surface area (Å²) in [5.41, 5.74) is 0.543. The lowest BCUT2D eigenvalue weighted by Crippen LogP contribution is -2.23. The average Bonchev–Trinajstić information content (AvgIpc) is 2.79. The number of thioether (sulfide) groups is 1. The fourth-order valence-corrected chi connectivity index (χ4v) is 2.75. The van der Waals surface area contributed by atoms with Crippen molar-refractivity contribution < 1.29 is 9.53 Å². The molecule has 8 heteroatoms. The predicted octanol–water partition coefficient (Wildman–Crippen LogP) is 2.90. The Balaban J connectivity index is 2.08. The number of halogens is 1. The molecule has 1 N–H and O–H groups in total. The van der Waals surface area contributed by atoms with Gasteiger partial charge in [0.05, 0.1) is 18.0 Å². The van der Waals surface area contributed by atoms with Crippen LogP contribution in [-0.4, -0.2) is 33.0 Å². The minimum absolute atomic E-state index is 0.161. The zero-order valence-corrected chi connectivity index (χ0v) is 14.3. The molecule has 1 aromatic carbocycles. The number of nitrogens with zero attached hydrogens (tertiary/aromatic N) is 3. The van der Waals surface area contributed by atoms with Gasteiger partial charge in [-0.25, -0.2) is 0 Å². The van der Waals surface area contributed by atoms with Gasteiger partial charge < -0.3 is 14.6 Å². The van der Waals surface area contributed by atoms with E-state index in [0.29, 0.717) is 21.6 Å². The van der Waals surface area contributed by atoms with Crippen LogP contribution in [0.1, 0.15) is 12.7 Å². The van der Waals surface area contributed by atoms with E-state index in [0.717, 1.165) is 5.82 Å². The molecule has 118 valence electrons. The van der Waals surface area contributed by atoms with Gasteiger partial charge in [0.1, 0.15) is 11.6 Å². The Morgan fingerprint density at radius 1 is 1.45 bits per heavy atom. The predicted molar refractivity (Wildman–Crippen MR) is 87.7 cm³/mol. The fourth-order valence-electron chi connectivity index (χ4n) is 1.71. The molecule has 6 nitrogen and oxygen atoms in total. The SMILES string of the molecule is COc1ccc(Cl)cc1NC(=O)[C@H](C)Sc1nnc(C)n1C. The van der Waals surface area contributed by atoms with Gasteiger partial charge in [-0.2, -0.15) is 0 Å². The molecule has 1 atom stereocenters. The third-order valence-electron chi connectivity index (χ3n) is 3.12. The van der Waals surface area contributed by atoms with Gasteiger partial charge in [-0.1, -0.05) is 23.4 Å². The van der Waals surface area contributed by atoms with E-state index >= 15 is 0 Å². The minimum atomic E-state index is -0.342. The number of anilines is 1. The molecule has 0 bridgehead atoms. The lowest BCUT2D eigenvalue weighted by Gasteiger charge is -2.14. The number of carbonyl (C=O) groups excluding carboxylic acids is 1. The van der Waals surface area contributed by atoms with E-state index in [1.165, 1.54) is 11.8 Å². The van der Waals surface area contributed by atoms with E-state index in [1.54, 1.807) is 32.2 Å². The number of methoxy groups -OCH3 is 1. The molecule has 0 saturated carbocycles. The molecule has 1 amide bonds. The normalized spacial score (nSPS) is 12.0. The highest BCUT2D eigenvalue weighted by Gasteiger charge is 2.19. The number of benzene rings is 1. The van der Waals surface area contributed by atoms with Crippen LogP contribution in [0.5, 0.6) is 5.75 Å². The topological polar surface area (TPSA) is 69.0 Å². The molecule has 0 aliphatic carbocycles. The van der Waals surface area contributed by atoms with Crippen LogP contribution in [0.25, 0.3) is 0 Å². The first-order valence-corrected chi connectivity index (χ1v) is 7.85. The van der Waals surface area contributed by atoms with E-state index in [9.17, 15) is 4.79 Å². The number of hydrogen-bond acceptors (Lipinski definition) is 5. The maximum Gasteiger partial charge on any atom is 0.237 e. The summed E-state index contributed by atoms with van der Waals surface area (Å²) >= 11 is 7.30. The van der Waals surface area contributed by atoms with Crippen molar-refractivity contribution in [2.24, 2.45) is 7.05 Å². The molecular formula is C14H17ClN4O2S. The van der Waals surface area contributed by atoms with E-state index in [4.69, 9.17) is 16.3 Å². The first-order valence-electron chi connectivity index (χ1n) is 6.59. The van der Waals surface area contributed by atoms with Crippen LogP contribution in [0.3, 0.4) is 0 Å². The summed E-state index contributed by atoms with van der Waals surface area (Å²) in [5, 5.41) is 11.7. The van der Waals surface area contributed by atoms with Crippen LogP contribution in [0.4, 0.5) is 5.69 Å². The van der Waals surface area contributed by atoms with Gasteiger partial charge in [-0.05, 0) is 32.0 Å². The molecule has 0 fully saturated rings. The van der Waals surface area contributed by atoms with E-state index in [1.807, 2.05) is 18.5 Å². The first-order chi connectivity index (χ1) is 10.4. The molecule has 0 aliphatic heterocycles. The maximum absolute atomic E-state index is 12.3. The van der Waals surface area contributed by atoms with Gasteiger partial charge >= 0.3 is 0 Å². The second-order valence-electron chi connectivity index (χ2n) is 4.68. The van der Waals surface area contributed by atoms with Crippen molar-refractivity contribution in [3.05, 3.63) is 29.0 Å². The van der Waals surface area contributed by atoms with Crippen LogP contribution in [-0.2, 0) is 11.8 Å². The molecule has 0 aliphatic rings. The average molecular weight is 341 g/mol. The molecule has 1 heterocycles. The van der Waals surface area contributed by atoms with Crippen molar-refractivity contribution in [2.75, 3.05) is 12.4 Å². The summed E-state index contributed by atoms with van der Waals surface area (Å²) in [5.74, 6) is 1.20. The molecule has 2 rings (SSSR count). The van der Waals surface area contributed by atoms with Crippen molar-refractivity contribution in [1.82, 2.24) is 14.8 Å². The number of aryl methyl sites for hydroxylation is 1. The smallest absolute Gasteiger partial charge is 0.237 e. The summed E-state index contributed by atoms with van der Waals surface area (Å²) in [6.45, 7) is 3.67. The van der Waals surface area contributed by atoms with Gasteiger partial charge in [0.25, 0.3) is 0 Å². The van der Waals surface area contributed by atoms with Crippen LogP contribution < -0.4 is 10.1 Å². The number of hydrogen-bond donors (Lipinski definition) is 1. The Kier molecular flexibility index (Phi) is 5.31. The Bertz CT molecular complexity index is 689. The Morgan fingerprint density at radius 3 is 2.77 bits per heavy atom. The minimum Gasteiger partial charge on any atom is -0.495 e. The summed E-state index contributed by atoms with van der Waals surface area (Å²) in [6, 6.07) is 5.07. The van der Waals surface area contributed by atoms with Gasteiger partial charge in [-0.15, -0.1) is 10.2 Å². The highest BCUT2D eigenvalue weighted by molar-refractivity contribution is 8.00. The largest absolute Gasteiger partial charge is 0.495 e. The molecule has 2 aromatic rings. The van der Waals surface area contributed by atoms with E-state index in [-0.39, 0.29) is 11.2 Å². The molecular weight excluding hydrogens is 324 g/mol. The summed E-state index contributed by atoms with van der Waals surface area (Å²) in [4.78, 5) is 12.3. The highest BCUT2D eigenvalue weighted by Crippen LogP contribution is 2.29. The number of rotatable bonds is 5. The Hall–Kier alpha value is -1.73. The van der Waals surface area contributed by atoms with E-state index in [2.05, 4.69) is 15.5 Å². The standard InChI is InChI=1S/C14H17ClN4O2S/c1-8(22-14-18-17-9(2)19(14)3)13(20)16-11-7-10(15)5-6-12(11)21-4/h5-8H,1-4H3,(H,16,20)/t8-/m0/s1. The lowest BCUT2D eigenvalue weighted by molar-refractivity contribution is -0.115. The Labute approximate surface area is 138 Å². The molecule has 22 heavy (non-hydrogen) atoms. The molecule has 0 unspecified atom stereocenters. The van der Waals surface area contributed by atoms with Gasteiger partial charge in [-0.3, -0.25) is 4.79 Å². The number of ether oxygens (including phenoxy) is 1. The zero-order valence-electron chi connectivity index (χ0n) is 12.8. The van der Waals surface area contributed by atoms with Crippen molar-refractivity contribution in [2.45, 2.75) is 24.3 Å². The second kappa shape index (κ2) is 7.02. The number of aromatic nitrogens is 3. The number of nitrogens with one attached hydrogen (secondary N) is 1. The van der Waals surface area contributed by atoms with Crippen LogP contribution in [0.15, 0.2) is 23.4 Å². The monoisotopic (exact) mass is 340 g/mol. The van der Waals surface area contributed by atoms with Crippen molar-refractivity contribution in [3.8, 4) is 5.75 Å². The van der Waals surface area contributed by atoms with E-state index < -0.39 is 0 Å². The first kappa shape index (κ1) is 16.6. The van der Waals surface area contributed by atoms with Crippen molar-refractivity contribution in [3.63, 3.8) is 0 Å². The molecule has 1 aromatic heterocycles. The Morgan fingerprint density at radius 2 is 2.18 bits per heavy atom. The molecule has 0 spiro atoms. The summed E-state index contributed by atoms with van der Waals surface area (Å²) in [6.07, 6.45) is 0. The van der Waals surface area contributed by atoms with Crippen molar-refractivity contribution in [1.29, 1.82) is 0 Å². The van der Waals surface area contributed by atoms with Gasteiger partial charge in [0, 0.05) is 12.1 Å². The lowest BCUT2D eigenvalue weighted by atomic mass is 10.3. The van der Waals surface area contributed by atoms with Crippen molar-refractivity contribution >= 4 is 35.0 Å². The van der Waals surface area contributed by atoms with Crippen LogP contribution in [0.2, 0.25) is 5.02 Å². The quantitative estimate of drug-likeness (QED) is 0.847. The van der Waals surface area contributed by atoms with Crippen LogP contribution >= 0.6 is 23.4 Å². The number of carbonyl (C=O) groups is 1. The number of amides is 1. The zero-order chi connectivity index (χ0) is 16.3. The third-order valence-corrected chi connectivity index (χ3v) is 4.49. The van der Waals surface area contributed by atoms with Gasteiger partial charge in [0.2, 0.25) is 5.91 Å². The fraction of sp³-hybridized carbons (Fsp3) is 0.357. The van der Waals surface area contributed by atoms with Gasteiger partial charge in [0.15, 0.2) is 5.16 Å². The summed E-state index contributed by atoms with van der Waals surface area (Å²) < 4.78 is 7.06. The third kappa shape index (κ3) is 3.72. The maximum atomic E-state index is 12.3.